The van der Waals surface area contributed by atoms with Gasteiger partial charge < -0.3 is 19.3 Å². The fraction of sp³-hybridized carbons (Fsp3) is 0.321. The molecule has 1 aliphatic rings. The standard InChI is InChI=1S/C28H31N5O3/c1-31(2)14-3-17-36-25-11-8-22(9-12-25)27-30-29-26-13-10-24(20-33(26)27)21-4-6-23(7-5-21)28(34)32-15-18-35-19-16-32/h4-13,20H,3,14-19H2,1-2H3. The molecule has 8 heteroatoms. The third-order valence-corrected chi connectivity index (χ3v) is 6.30. The molecule has 0 radical (unpaired) electrons. The van der Waals surface area contributed by atoms with Crippen molar-refractivity contribution >= 4 is 11.6 Å². The third kappa shape index (κ3) is 5.40. The maximum Gasteiger partial charge on any atom is 0.254 e. The SMILES string of the molecule is CN(C)CCCOc1ccc(-c2nnc3ccc(-c4ccc(C(=O)N5CCOCC5)cc4)cn23)cc1. The highest BCUT2D eigenvalue weighted by Gasteiger charge is 2.18. The molecule has 1 fully saturated rings. The Hall–Kier alpha value is -3.75. The minimum absolute atomic E-state index is 0.0477. The molecule has 2 aromatic carbocycles. The van der Waals surface area contributed by atoms with E-state index in [1.807, 2.05) is 76.2 Å². The van der Waals surface area contributed by atoms with Crippen LogP contribution in [0.1, 0.15) is 16.8 Å². The average Bonchev–Trinajstić information content (AvgIpc) is 3.35. The smallest absolute Gasteiger partial charge is 0.254 e. The summed E-state index contributed by atoms with van der Waals surface area (Å²) in [7, 11) is 4.12. The number of pyridine rings is 1. The van der Waals surface area contributed by atoms with E-state index in [-0.39, 0.29) is 5.91 Å². The van der Waals surface area contributed by atoms with Gasteiger partial charge in [-0.2, -0.15) is 0 Å². The molecule has 186 valence electrons. The first-order valence-corrected chi connectivity index (χ1v) is 12.3. The zero-order chi connectivity index (χ0) is 24.9. The first-order valence-electron chi connectivity index (χ1n) is 12.3. The number of rotatable bonds is 8. The van der Waals surface area contributed by atoms with Crippen LogP contribution in [0.4, 0.5) is 0 Å². The fourth-order valence-electron chi connectivity index (χ4n) is 4.28. The molecule has 1 saturated heterocycles. The summed E-state index contributed by atoms with van der Waals surface area (Å²) < 4.78 is 13.2. The van der Waals surface area contributed by atoms with Gasteiger partial charge in [0.25, 0.3) is 5.91 Å². The molecule has 0 atom stereocenters. The van der Waals surface area contributed by atoms with E-state index >= 15 is 0 Å². The largest absolute Gasteiger partial charge is 0.494 e. The molecule has 8 nitrogen and oxygen atoms in total. The highest BCUT2D eigenvalue weighted by atomic mass is 16.5. The summed E-state index contributed by atoms with van der Waals surface area (Å²) in [5.74, 6) is 1.66. The number of aromatic nitrogens is 3. The number of carbonyl (C=O) groups excluding carboxylic acids is 1. The lowest BCUT2D eigenvalue weighted by Gasteiger charge is -2.26. The number of ether oxygens (including phenoxy) is 2. The zero-order valence-corrected chi connectivity index (χ0v) is 20.8. The topological polar surface area (TPSA) is 72.2 Å². The summed E-state index contributed by atoms with van der Waals surface area (Å²) in [6, 6.07) is 19.7. The molecular weight excluding hydrogens is 454 g/mol. The van der Waals surface area contributed by atoms with Crippen LogP contribution in [0.3, 0.4) is 0 Å². The van der Waals surface area contributed by atoms with Crippen LogP contribution in [0.25, 0.3) is 28.2 Å². The van der Waals surface area contributed by atoms with E-state index < -0.39 is 0 Å². The van der Waals surface area contributed by atoms with Crippen molar-refractivity contribution in [3.05, 3.63) is 72.4 Å². The van der Waals surface area contributed by atoms with Gasteiger partial charge in [0.1, 0.15) is 5.75 Å². The fourth-order valence-corrected chi connectivity index (χ4v) is 4.28. The van der Waals surface area contributed by atoms with Crippen molar-refractivity contribution in [1.82, 2.24) is 24.4 Å². The molecule has 0 spiro atoms. The van der Waals surface area contributed by atoms with E-state index in [2.05, 4.69) is 29.2 Å². The van der Waals surface area contributed by atoms with Crippen LogP contribution < -0.4 is 4.74 Å². The van der Waals surface area contributed by atoms with Crippen molar-refractivity contribution in [2.75, 3.05) is 53.6 Å². The van der Waals surface area contributed by atoms with Gasteiger partial charge in [-0.25, -0.2) is 0 Å². The van der Waals surface area contributed by atoms with Crippen molar-refractivity contribution < 1.29 is 14.3 Å². The van der Waals surface area contributed by atoms with Crippen molar-refractivity contribution in [2.24, 2.45) is 0 Å². The summed E-state index contributed by atoms with van der Waals surface area (Å²) in [4.78, 5) is 16.7. The van der Waals surface area contributed by atoms with Crippen molar-refractivity contribution in [3.8, 4) is 28.3 Å². The molecule has 1 aliphatic heterocycles. The Labute approximate surface area is 211 Å². The van der Waals surface area contributed by atoms with Crippen LogP contribution >= 0.6 is 0 Å². The molecule has 5 rings (SSSR count). The predicted molar refractivity (Wildman–Crippen MR) is 139 cm³/mol. The van der Waals surface area contributed by atoms with E-state index in [1.165, 1.54) is 0 Å². The van der Waals surface area contributed by atoms with Gasteiger partial charge in [0, 0.05) is 37.0 Å². The Morgan fingerprint density at radius 3 is 2.33 bits per heavy atom. The van der Waals surface area contributed by atoms with Crippen LogP contribution in [0.5, 0.6) is 5.75 Å². The first kappa shape index (κ1) is 24.0. The summed E-state index contributed by atoms with van der Waals surface area (Å²) in [6.07, 6.45) is 3.02. The molecule has 4 aromatic rings. The molecule has 0 unspecified atom stereocenters. The van der Waals surface area contributed by atoms with Gasteiger partial charge in [0.05, 0.1) is 19.8 Å². The maximum absolute atomic E-state index is 12.8. The van der Waals surface area contributed by atoms with Crippen molar-refractivity contribution in [1.29, 1.82) is 0 Å². The van der Waals surface area contributed by atoms with E-state index in [0.29, 0.717) is 38.5 Å². The average molecular weight is 486 g/mol. The second-order valence-electron chi connectivity index (χ2n) is 9.18. The predicted octanol–water partition coefficient (Wildman–Crippen LogP) is 3.87. The highest BCUT2D eigenvalue weighted by molar-refractivity contribution is 5.94. The van der Waals surface area contributed by atoms with E-state index in [4.69, 9.17) is 9.47 Å². The lowest BCUT2D eigenvalue weighted by atomic mass is 10.0. The summed E-state index contributed by atoms with van der Waals surface area (Å²) >= 11 is 0. The number of fused-ring (bicyclic) bond motifs is 1. The van der Waals surface area contributed by atoms with Gasteiger partial charge in [-0.05, 0) is 80.2 Å². The van der Waals surface area contributed by atoms with Gasteiger partial charge >= 0.3 is 0 Å². The number of amides is 1. The molecule has 0 N–H and O–H groups in total. The molecule has 2 aromatic heterocycles. The molecule has 0 aliphatic carbocycles. The minimum atomic E-state index is 0.0477. The lowest BCUT2D eigenvalue weighted by molar-refractivity contribution is 0.0303. The van der Waals surface area contributed by atoms with E-state index in [0.717, 1.165) is 46.9 Å². The van der Waals surface area contributed by atoms with Crippen LogP contribution in [-0.2, 0) is 4.74 Å². The highest BCUT2D eigenvalue weighted by Crippen LogP contribution is 2.26. The summed E-state index contributed by atoms with van der Waals surface area (Å²) in [6.45, 7) is 4.15. The van der Waals surface area contributed by atoms with Crippen molar-refractivity contribution in [2.45, 2.75) is 6.42 Å². The molecular formula is C28H31N5O3. The Kier molecular flexibility index (Phi) is 7.25. The monoisotopic (exact) mass is 485 g/mol. The number of hydrogen-bond donors (Lipinski definition) is 0. The van der Waals surface area contributed by atoms with E-state index in [9.17, 15) is 4.79 Å². The minimum Gasteiger partial charge on any atom is -0.494 e. The lowest BCUT2D eigenvalue weighted by Crippen LogP contribution is -2.40. The van der Waals surface area contributed by atoms with Gasteiger partial charge in [0.15, 0.2) is 11.5 Å². The quantitative estimate of drug-likeness (QED) is 0.353. The summed E-state index contributed by atoms with van der Waals surface area (Å²) in [5, 5.41) is 8.76. The normalized spacial score (nSPS) is 13.9. The van der Waals surface area contributed by atoms with Gasteiger partial charge in [-0.15, -0.1) is 10.2 Å². The van der Waals surface area contributed by atoms with Crippen LogP contribution in [-0.4, -0.2) is 83.9 Å². The second kappa shape index (κ2) is 10.9. The van der Waals surface area contributed by atoms with Crippen LogP contribution in [0.15, 0.2) is 66.9 Å². The van der Waals surface area contributed by atoms with Gasteiger partial charge in [-0.3, -0.25) is 9.20 Å². The number of benzene rings is 2. The second-order valence-corrected chi connectivity index (χ2v) is 9.18. The Bertz CT molecular complexity index is 1310. The summed E-state index contributed by atoms with van der Waals surface area (Å²) in [5.41, 5.74) is 4.48. The van der Waals surface area contributed by atoms with Gasteiger partial charge in [0.2, 0.25) is 0 Å². The third-order valence-electron chi connectivity index (χ3n) is 6.30. The Balaban J connectivity index is 1.32. The number of morpholine rings is 1. The Morgan fingerprint density at radius 2 is 1.61 bits per heavy atom. The molecule has 36 heavy (non-hydrogen) atoms. The van der Waals surface area contributed by atoms with Crippen LogP contribution in [0, 0.1) is 0 Å². The maximum atomic E-state index is 12.8. The van der Waals surface area contributed by atoms with Crippen LogP contribution in [0.2, 0.25) is 0 Å². The molecule has 0 saturated carbocycles. The van der Waals surface area contributed by atoms with Crippen molar-refractivity contribution in [3.63, 3.8) is 0 Å². The molecule has 3 heterocycles. The molecule has 0 bridgehead atoms. The number of hydrogen-bond acceptors (Lipinski definition) is 6. The number of carbonyl (C=O) groups is 1. The first-order chi connectivity index (χ1) is 17.6. The Morgan fingerprint density at radius 1 is 0.917 bits per heavy atom. The van der Waals surface area contributed by atoms with E-state index in [1.54, 1.807) is 0 Å². The van der Waals surface area contributed by atoms with Gasteiger partial charge in [-0.1, -0.05) is 12.1 Å². The zero-order valence-electron chi connectivity index (χ0n) is 20.8. The molecule has 1 amide bonds. The number of nitrogens with zero attached hydrogens (tertiary/aromatic N) is 5.